The van der Waals surface area contributed by atoms with Gasteiger partial charge >= 0.3 is 0 Å². The van der Waals surface area contributed by atoms with Gasteiger partial charge in [0.15, 0.2) is 0 Å². The third-order valence-corrected chi connectivity index (χ3v) is 2.62. The highest BCUT2D eigenvalue weighted by molar-refractivity contribution is 5.03. The maximum absolute atomic E-state index is 13.1. The first-order chi connectivity index (χ1) is 6.00. The summed E-state index contributed by atoms with van der Waals surface area (Å²) in [5.41, 5.74) is 0. The van der Waals surface area contributed by atoms with Gasteiger partial charge in [0.1, 0.15) is 24.7 Å². The van der Waals surface area contributed by atoms with Crippen molar-refractivity contribution in [2.24, 2.45) is 11.8 Å². The van der Waals surface area contributed by atoms with E-state index in [0.29, 0.717) is 0 Å². The number of rotatable bonds is 1. The van der Waals surface area contributed by atoms with E-state index in [1.165, 1.54) is 6.92 Å². The van der Waals surface area contributed by atoms with Gasteiger partial charge in [-0.25, -0.2) is 17.6 Å². The summed E-state index contributed by atoms with van der Waals surface area (Å²) in [7, 11) is 0. The van der Waals surface area contributed by atoms with E-state index in [4.69, 9.17) is 0 Å². The van der Waals surface area contributed by atoms with Crippen molar-refractivity contribution in [2.75, 3.05) is 0 Å². The number of alkyl halides is 4. The molecular weight excluding hydrogens is 184 g/mol. The zero-order chi connectivity index (χ0) is 10.2. The van der Waals surface area contributed by atoms with Gasteiger partial charge in [-0.15, -0.1) is 6.58 Å². The van der Waals surface area contributed by atoms with Crippen molar-refractivity contribution >= 4 is 0 Å². The van der Waals surface area contributed by atoms with Gasteiger partial charge in [0.05, 0.1) is 0 Å². The maximum Gasteiger partial charge on any atom is 0.141 e. The second-order valence-electron chi connectivity index (χ2n) is 3.45. The van der Waals surface area contributed by atoms with Gasteiger partial charge < -0.3 is 0 Å². The lowest BCUT2D eigenvalue weighted by atomic mass is 9.77. The fourth-order valence-corrected chi connectivity index (χ4v) is 1.62. The third-order valence-electron chi connectivity index (χ3n) is 2.62. The van der Waals surface area contributed by atoms with Crippen LogP contribution in [0.4, 0.5) is 17.6 Å². The molecule has 0 heterocycles. The first-order valence-corrected chi connectivity index (χ1v) is 4.19. The molecule has 0 aromatic rings. The molecule has 1 fully saturated rings. The third kappa shape index (κ3) is 1.58. The average molecular weight is 196 g/mol. The molecule has 0 aromatic heterocycles. The van der Waals surface area contributed by atoms with Crippen molar-refractivity contribution in [2.45, 2.75) is 31.6 Å². The van der Waals surface area contributed by atoms with Crippen molar-refractivity contribution in [1.29, 1.82) is 0 Å². The van der Waals surface area contributed by atoms with Crippen LogP contribution in [0.1, 0.15) is 6.92 Å². The summed E-state index contributed by atoms with van der Waals surface area (Å²) in [6, 6.07) is 0. The molecular formula is C9H12F4. The number of hydrogen-bond acceptors (Lipinski definition) is 0. The van der Waals surface area contributed by atoms with Crippen LogP contribution in [0.25, 0.3) is 0 Å². The number of halogens is 4. The highest BCUT2D eigenvalue weighted by Crippen LogP contribution is 2.37. The minimum absolute atomic E-state index is 0.945. The van der Waals surface area contributed by atoms with Crippen LogP contribution in [-0.2, 0) is 0 Å². The molecule has 1 rings (SSSR count). The van der Waals surface area contributed by atoms with Gasteiger partial charge in [0.25, 0.3) is 0 Å². The van der Waals surface area contributed by atoms with Crippen molar-refractivity contribution < 1.29 is 17.6 Å². The van der Waals surface area contributed by atoms with Gasteiger partial charge in [0.2, 0.25) is 0 Å². The Kier molecular flexibility index (Phi) is 2.98. The molecule has 0 radical (unpaired) electrons. The van der Waals surface area contributed by atoms with Crippen LogP contribution in [0.5, 0.6) is 0 Å². The van der Waals surface area contributed by atoms with E-state index in [-0.39, 0.29) is 0 Å². The monoisotopic (exact) mass is 196 g/mol. The Morgan fingerprint density at radius 2 is 1.31 bits per heavy atom. The molecule has 13 heavy (non-hydrogen) atoms. The zero-order valence-corrected chi connectivity index (χ0v) is 7.26. The van der Waals surface area contributed by atoms with Crippen molar-refractivity contribution in [3.8, 4) is 0 Å². The molecule has 0 bridgehead atoms. The molecule has 4 heteroatoms. The Morgan fingerprint density at radius 3 is 1.62 bits per heavy atom. The van der Waals surface area contributed by atoms with Gasteiger partial charge in [-0.1, -0.05) is 13.0 Å². The lowest BCUT2D eigenvalue weighted by Gasteiger charge is -2.36. The lowest BCUT2D eigenvalue weighted by Crippen LogP contribution is -2.50. The van der Waals surface area contributed by atoms with Crippen molar-refractivity contribution in [3.63, 3.8) is 0 Å². The molecule has 4 atom stereocenters. The van der Waals surface area contributed by atoms with E-state index in [9.17, 15) is 17.6 Å². The Labute approximate surface area is 74.6 Å². The van der Waals surface area contributed by atoms with E-state index >= 15 is 0 Å². The van der Waals surface area contributed by atoms with Crippen molar-refractivity contribution in [3.05, 3.63) is 12.7 Å². The van der Waals surface area contributed by atoms with Crippen LogP contribution >= 0.6 is 0 Å². The summed E-state index contributed by atoms with van der Waals surface area (Å²) in [6.45, 7) is 4.34. The second-order valence-corrected chi connectivity index (χ2v) is 3.45. The topological polar surface area (TPSA) is 0 Å². The smallest absolute Gasteiger partial charge is 0.141 e. The van der Waals surface area contributed by atoms with Crippen LogP contribution in [0.3, 0.4) is 0 Å². The highest BCUT2D eigenvalue weighted by atomic mass is 19.2. The maximum atomic E-state index is 13.1. The summed E-state index contributed by atoms with van der Waals surface area (Å²) in [4.78, 5) is 0. The van der Waals surface area contributed by atoms with E-state index in [1.807, 2.05) is 0 Å². The molecule has 0 amide bonds. The minimum atomic E-state index is -1.98. The molecule has 0 spiro atoms. The molecule has 1 aliphatic carbocycles. The predicted octanol–water partition coefficient (Wildman–Crippen LogP) is 2.79. The van der Waals surface area contributed by atoms with E-state index in [1.54, 1.807) is 0 Å². The standard InChI is InChI=1S/C9H12F4/c1-3-5-8(12)6(10)4(2)7(11)9(5)13/h3-9H,1H2,2H3. The summed E-state index contributed by atoms with van der Waals surface area (Å²) in [5, 5.41) is 0. The minimum Gasteiger partial charge on any atom is -0.244 e. The van der Waals surface area contributed by atoms with Gasteiger partial charge in [-0.05, 0) is 0 Å². The Morgan fingerprint density at radius 1 is 0.923 bits per heavy atom. The van der Waals surface area contributed by atoms with E-state index < -0.39 is 36.5 Å². The fourth-order valence-electron chi connectivity index (χ4n) is 1.62. The summed E-state index contributed by atoms with van der Waals surface area (Å²) in [5.74, 6) is -2.58. The van der Waals surface area contributed by atoms with E-state index in [0.717, 1.165) is 6.08 Å². The van der Waals surface area contributed by atoms with Gasteiger partial charge in [-0.3, -0.25) is 0 Å². The molecule has 76 valence electrons. The summed E-state index contributed by atoms with van der Waals surface area (Å²) in [6.07, 6.45) is -6.89. The molecule has 4 unspecified atom stereocenters. The molecule has 0 aliphatic heterocycles. The highest BCUT2D eigenvalue weighted by Gasteiger charge is 2.49. The van der Waals surface area contributed by atoms with Gasteiger partial charge in [0, 0.05) is 11.8 Å². The fraction of sp³-hybridized carbons (Fsp3) is 0.778. The molecule has 1 aliphatic rings. The second kappa shape index (κ2) is 3.68. The normalized spacial score (nSPS) is 51.8. The molecule has 0 saturated heterocycles. The Hall–Kier alpha value is -0.540. The van der Waals surface area contributed by atoms with Crippen LogP contribution in [-0.4, -0.2) is 24.7 Å². The molecule has 0 N–H and O–H groups in total. The molecule has 0 nitrogen and oxygen atoms in total. The van der Waals surface area contributed by atoms with E-state index in [2.05, 4.69) is 6.58 Å². The Bertz CT molecular complexity index is 178. The SMILES string of the molecule is C=CC1C(F)C(F)C(C)C(F)C1F. The van der Waals surface area contributed by atoms with Crippen LogP contribution in [0.15, 0.2) is 12.7 Å². The largest absolute Gasteiger partial charge is 0.244 e. The number of hydrogen-bond donors (Lipinski definition) is 0. The molecule has 1 saturated carbocycles. The van der Waals surface area contributed by atoms with Crippen LogP contribution in [0.2, 0.25) is 0 Å². The van der Waals surface area contributed by atoms with Crippen molar-refractivity contribution in [1.82, 2.24) is 0 Å². The first kappa shape index (κ1) is 10.5. The lowest BCUT2D eigenvalue weighted by molar-refractivity contribution is -0.0566. The predicted molar refractivity (Wildman–Crippen MR) is 42.4 cm³/mol. The zero-order valence-electron chi connectivity index (χ0n) is 7.26. The van der Waals surface area contributed by atoms with Gasteiger partial charge in [-0.2, -0.15) is 0 Å². The summed E-state index contributed by atoms with van der Waals surface area (Å²) < 4.78 is 52.1. The van der Waals surface area contributed by atoms with Crippen LogP contribution in [0, 0.1) is 11.8 Å². The average Bonchev–Trinajstić information content (AvgIpc) is 2.13. The Balaban J connectivity index is 2.85. The quantitative estimate of drug-likeness (QED) is 0.447. The molecule has 0 aromatic carbocycles. The first-order valence-electron chi connectivity index (χ1n) is 4.19. The van der Waals surface area contributed by atoms with Crippen LogP contribution < -0.4 is 0 Å². The summed E-state index contributed by atoms with van der Waals surface area (Å²) >= 11 is 0. The number of allylic oxidation sites excluding steroid dienone is 1.